The van der Waals surface area contributed by atoms with Gasteiger partial charge in [-0.25, -0.2) is 4.79 Å². The van der Waals surface area contributed by atoms with E-state index in [-0.39, 0.29) is 5.97 Å². The molecule has 0 amide bonds. The van der Waals surface area contributed by atoms with E-state index in [1.807, 2.05) is 11.4 Å². The molecular weight excluding hydrogens is 254 g/mol. The highest BCUT2D eigenvalue weighted by atomic mass is 32.1. The second-order valence-corrected chi connectivity index (χ2v) is 4.19. The zero-order valence-electron chi connectivity index (χ0n) is 9.88. The molecule has 2 heterocycles. The molecule has 0 saturated carbocycles. The third-order valence-corrected chi connectivity index (χ3v) is 3.11. The van der Waals surface area contributed by atoms with Crippen molar-refractivity contribution in [2.45, 2.75) is 0 Å². The Morgan fingerprint density at radius 2 is 2.22 bits per heavy atom. The van der Waals surface area contributed by atoms with Crippen LogP contribution in [0.4, 0.5) is 0 Å². The number of hydrogen-bond donors (Lipinski definition) is 0. The van der Waals surface area contributed by atoms with Crippen molar-refractivity contribution < 1.29 is 18.8 Å². The number of methoxy groups -OCH3 is 1. The normalized spacial score (nSPS) is 10.8. The van der Waals surface area contributed by atoms with Gasteiger partial charge in [-0.15, -0.1) is 11.3 Å². The molecule has 18 heavy (non-hydrogen) atoms. The highest BCUT2D eigenvalue weighted by Gasteiger charge is 2.17. The molecule has 94 valence electrons. The van der Waals surface area contributed by atoms with Gasteiger partial charge in [-0.05, 0) is 23.6 Å². The highest BCUT2D eigenvalue weighted by Crippen LogP contribution is 2.30. The zero-order chi connectivity index (χ0) is 13.0. The Morgan fingerprint density at radius 3 is 2.94 bits per heavy atom. The highest BCUT2D eigenvalue weighted by molar-refractivity contribution is 7.12. The molecule has 0 aliphatic carbocycles. The van der Waals surface area contributed by atoms with E-state index >= 15 is 0 Å². The molecule has 0 spiro atoms. The first-order valence-corrected chi connectivity index (χ1v) is 5.96. The number of ether oxygens (including phenoxy) is 1. The van der Waals surface area contributed by atoms with Crippen LogP contribution >= 0.6 is 11.3 Å². The Hall–Kier alpha value is -2.08. The summed E-state index contributed by atoms with van der Waals surface area (Å²) in [5, 5.41) is 5.42. The van der Waals surface area contributed by atoms with Crippen molar-refractivity contribution in [1.29, 1.82) is 0 Å². The molecule has 0 bridgehead atoms. The van der Waals surface area contributed by atoms with Gasteiger partial charge in [-0.3, -0.25) is 0 Å². The molecule has 0 saturated heterocycles. The van der Waals surface area contributed by atoms with Crippen molar-refractivity contribution in [2.24, 2.45) is 5.16 Å². The largest absolute Gasteiger partial charge is 0.465 e. The third kappa shape index (κ3) is 2.43. The Balaban J connectivity index is 2.32. The maximum atomic E-state index is 11.5. The molecule has 0 fully saturated rings. The van der Waals surface area contributed by atoms with E-state index < -0.39 is 0 Å². The van der Waals surface area contributed by atoms with Crippen LogP contribution in [-0.2, 0) is 9.57 Å². The van der Waals surface area contributed by atoms with E-state index in [0.29, 0.717) is 22.0 Å². The summed E-state index contributed by atoms with van der Waals surface area (Å²) in [6.07, 6.45) is 1.45. The van der Waals surface area contributed by atoms with Crippen molar-refractivity contribution in [3.05, 3.63) is 34.2 Å². The second-order valence-electron chi connectivity index (χ2n) is 3.27. The zero-order valence-corrected chi connectivity index (χ0v) is 10.7. The fourth-order valence-corrected chi connectivity index (χ4v) is 2.24. The lowest BCUT2D eigenvalue weighted by Crippen LogP contribution is -1.99. The van der Waals surface area contributed by atoms with Gasteiger partial charge in [0.25, 0.3) is 0 Å². The van der Waals surface area contributed by atoms with Crippen LogP contribution in [0.25, 0.3) is 11.3 Å². The lowest BCUT2D eigenvalue weighted by atomic mass is 10.2. The van der Waals surface area contributed by atoms with Crippen LogP contribution in [-0.4, -0.2) is 26.4 Å². The predicted octanol–water partition coefficient (Wildman–Crippen LogP) is 2.78. The molecule has 0 atom stereocenters. The average Bonchev–Trinajstić information content (AvgIpc) is 3.03. The van der Waals surface area contributed by atoms with E-state index in [0.717, 1.165) is 0 Å². The first kappa shape index (κ1) is 12.4. The third-order valence-electron chi connectivity index (χ3n) is 2.21. The summed E-state index contributed by atoms with van der Waals surface area (Å²) in [4.78, 5) is 16.6. The lowest BCUT2D eigenvalue weighted by molar-refractivity contribution is 0.0607. The first-order chi connectivity index (χ1) is 8.76. The Labute approximate surface area is 108 Å². The van der Waals surface area contributed by atoms with Crippen molar-refractivity contribution in [1.82, 2.24) is 0 Å². The van der Waals surface area contributed by atoms with Crippen molar-refractivity contribution in [2.75, 3.05) is 14.2 Å². The molecule has 0 aromatic carbocycles. The van der Waals surface area contributed by atoms with E-state index in [4.69, 9.17) is 9.15 Å². The molecule has 0 aliphatic rings. The van der Waals surface area contributed by atoms with Gasteiger partial charge in [0.1, 0.15) is 29.7 Å². The number of esters is 1. The van der Waals surface area contributed by atoms with E-state index in [2.05, 4.69) is 9.99 Å². The molecule has 0 unspecified atom stereocenters. The minimum atomic E-state index is -0.372. The number of furan rings is 1. The Morgan fingerprint density at radius 1 is 1.39 bits per heavy atom. The van der Waals surface area contributed by atoms with Gasteiger partial charge in [0.05, 0.1) is 7.11 Å². The van der Waals surface area contributed by atoms with Crippen LogP contribution in [0.2, 0.25) is 0 Å². The number of carbonyl (C=O) groups is 1. The van der Waals surface area contributed by atoms with Crippen LogP contribution in [0.15, 0.2) is 33.2 Å². The van der Waals surface area contributed by atoms with Gasteiger partial charge in [0.2, 0.25) is 0 Å². The standard InChI is InChI=1S/C12H11NO4S/c1-15-12(14)11-9(5-6-18-11)10-4-3-8(17-10)7-13-16-2/h3-7H,1-2H3/b13-7-. The summed E-state index contributed by atoms with van der Waals surface area (Å²) in [7, 11) is 2.80. The van der Waals surface area contributed by atoms with Crippen molar-refractivity contribution >= 4 is 23.5 Å². The molecule has 5 nitrogen and oxygen atoms in total. The number of oxime groups is 1. The quantitative estimate of drug-likeness (QED) is 0.484. The summed E-state index contributed by atoms with van der Waals surface area (Å²) in [6.45, 7) is 0. The maximum Gasteiger partial charge on any atom is 0.348 e. The second kappa shape index (κ2) is 5.50. The van der Waals surface area contributed by atoms with E-state index in [1.165, 1.54) is 31.8 Å². The number of thiophene rings is 1. The average molecular weight is 265 g/mol. The van der Waals surface area contributed by atoms with Crippen LogP contribution in [0, 0.1) is 0 Å². The van der Waals surface area contributed by atoms with Crippen molar-refractivity contribution in [3.63, 3.8) is 0 Å². The van der Waals surface area contributed by atoms with Gasteiger partial charge in [0.15, 0.2) is 0 Å². The smallest absolute Gasteiger partial charge is 0.348 e. The van der Waals surface area contributed by atoms with Gasteiger partial charge in [-0.2, -0.15) is 0 Å². The molecular formula is C12H11NO4S. The summed E-state index contributed by atoms with van der Waals surface area (Å²) >= 11 is 1.31. The number of nitrogens with zero attached hydrogens (tertiary/aromatic N) is 1. The molecule has 0 aliphatic heterocycles. The van der Waals surface area contributed by atoms with Gasteiger partial charge >= 0.3 is 5.97 Å². The monoisotopic (exact) mass is 265 g/mol. The fourth-order valence-electron chi connectivity index (χ4n) is 1.43. The minimum absolute atomic E-state index is 0.372. The predicted molar refractivity (Wildman–Crippen MR) is 68.0 cm³/mol. The van der Waals surface area contributed by atoms with Gasteiger partial charge in [0, 0.05) is 5.56 Å². The van der Waals surface area contributed by atoms with E-state index in [9.17, 15) is 4.79 Å². The van der Waals surface area contributed by atoms with Crippen molar-refractivity contribution in [3.8, 4) is 11.3 Å². The van der Waals surface area contributed by atoms with Crippen LogP contribution in [0.3, 0.4) is 0 Å². The number of hydrogen-bond acceptors (Lipinski definition) is 6. The minimum Gasteiger partial charge on any atom is -0.465 e. The summed E-state index contributed by atoms with van der Waals surface area (Å²) in [5.74, 6) is 0.770. The maximum absolute atomic E-state index is 11.5. The van der Waals surface area contributed by atoms with Gasteiger partial charge < -0.3 is 14.0 Å². The molecule has 0 radical (unpaired) electrons. The summed E-state index contributed by atoms with van der Waals surface area (Å²) in [5.41, 5.74) is 0.712. The lowest BCUT2D eigenvalue weighted by Gasteiger charge is -1.98. The fraction of sp³-hybridized carbons (Fsp3) is 0.167. The Bertz CT molecular complexity index is 570. The molecule has 6 heteroatoms. The molecule has 2 aromatic heterocycles. The number of carbonyl (C=O) groups excluding carboxylic acids is 1. The molecule has 2 rings (SSSR count). The summed E-state index contributed by atoms with van der Waals surface area (Å²) < 4.78 is 10.2. The van der Waals surface area contributed by atoms with Crippen LogP contribution in [0.1, 0.15) is 15.4 Å². The SMILES string of the molecule is CO/N=C\c1ccc(-c2ccsc2C(=O)OC)o1. The summed E-state index contributed by atoms with van der Waals surface area (Å²) in [6, 6.07) is 5.33. The Kier molecular flexibility index (Phi) is 3.78. The molecule has 0 N–H and O–H groups in total. The molecule has 2 aromatic rings. The van der Waals surface area contributed by atoms with Crippen LogP contribution in [0.5, 0.6) is 0 Å². The first-order valence-electron chi connectivity index (χ1n) is 5.08. The van der Waals surface area contributed by atoms with Gasteiger partial charge in [-0.1, -0.05) is 5.16 Å². The van der Waals surface area contributed by atoms with Crippen LogP contribution < -0.4 is 0 Å². The topological polar surface area (TPSA) is 61.0 Å². The van der Waals surface area contributed by atoms with E-state index in [1.54, 1.807) is 12.1 Å². The number of rotatable bonds is 4.